The van der Waals surface area contributed by atoms with E-state index in [1.807, 2.05) is 7.11 Å². The molecule has 0 saturated carbocycles. The van der Waals surface area contributed by atoms with Crippen molar-refractivity contribution in [1.29, 1.82) is 0 Å². The number of likely N-dealkylation sites (N-methyl/N-ethyl adjacent to an activating group) is 1. The number of hydrogen-bond acceptors (Lipinski definition) is 2. The molecule has 1 aliphatic carbocycles. The van der Waals surface area contributed by atoms with Crippen molar-refractivity contribution >= 4 is 22.5 Å². The molecule has 0 unspecified atom stereocenters. The molecule has 2 aliphatic rings. The van der Waals surface area contributed by atoms with Gasteiger partial charge in [-0.15, -0.1) is 11.6 Å². The maximum absolute atomic E-state index is 6.29. The molecule has 2 aromatic rings. The summed E-state index contributed by atoms with van der Waals surface area (Å²) in [4.78, 5) is 2.50. The fourth-order valence-electron chi connectivity index (χ4n) is 5.06. The number of piperidine rings is 1. The van der Waals surface area contributed by atoms with E-state index in [0.29, 0.717) is 12.0 Å². The Kier molecular flexibility index (Phi) is 3.71. The van der Waals surface area contributed by atoms with Crippen LogP contribution in [0, 0.1) is 5.92 Å². The monoisotopic (exact) mass is 332 g/mol. The minimum atomic E-state index is -0.211. The molecule has 2 heterocycles. The van der Waals surface area contributed by atoms with Crippen molar-refractivity contribution in [2.24, 2.45) is 13.0 Å². The molecular weight excluding hydrogens is 308 g/mol. The molecule has 3 atom stereocenters. The van der Waals surface area contributed by atoms with Crippen LogP contribution in [0.5, 0.6) is 0 Å². The Hall–Kier alpha value is -1.03. The summed E-state index contributed by atoms with van der Waals surface area (Å²) >= 11 is 6.05. The first-order chi connectivity index (χ1) is 11.1. The summed E-state index contributed by atoms with van der Waals surface area (Å²) < 4.78 is 8.55. The Morgan fingerprint density at radius 3 is 2.91 bits per heavy atom. The van der Waals surface area contributed by atoms with Crippen molar-refractivity contribution in [3.05, 3.63) is 35.5 Å². The van der Waals surface area contributed by atoms with Crippen molar-refractivity contribution in [3.8, 4) is 0 Å². The fraction of sp³-hybridized carbons (Fsp3) is 0.579. The Morgan fingerprint density at radius 2 is 2.17 bits per heavy atom. The molecule has 1 saturated heterocycles. The summed E-state index contributed by atoms with van der Waals surface area (Å²) in [6, 6.07) is 7.07. The van der Waals surface area contributed by atoms with Crippen LogP contribution in [0.4, 0.5) is 0 Å². The summed E-state index contributed by atoms with van der Waals surface area (Å²) in [5.41, 5.74) is 3.93. The van der Waals surface area contributed by atoms with Crippen molar-refractivity contribution in [2.45, 2.75) is 30.9 Å². The Bertz CT molecular complexity index is 740. The van der Waals surface area contributed by atoms with Gasteiger partial charge in [0.05, 0.1) is 0 Å². The highest BCUT2D eigenvalue weighted by Crippen LogP contribution is 2.50. The van der Waals surface area contributed by atoms with Gasteiger partial charge in [0.2, 0.25) is 0 Å². The molecule has 0 bridgehead atoms. The maximum atomic E-state index is 6.29. The number of halogens is 1. The van der Waals surface area contributed by atoms with Gasteiger partial charge >= 0.3 is 0 Å². The first-order valence-corrected chi connectivity index (χ1v) is 9.03. The number of alkyl halides is 1. The number of benzene rings is 1. The SMILES string of the molecule is CO[C@]12C[C@@H](CCCl)CN(C)[C@@H]1Cc1cn(C)c3cccc2c13. The highest BCUT2D eigenvalue weighted by Gasteiger charge is 2.51. The maximum Gasteiger partial charge on any atom is 0.109 e. The van der Waals surface area contributed by atoms with Gasteiger partial charge in [0, 0.05) is 49.7 Å². The molecule has 4 heteroatoms. The zero-order valence-electron chi connectivity index (χ0n) is 14.2. The first-order valence-electron chi connectivity index (χ1n) is 8.49. The molecular formula is C19H25ClN2O. The molecule has 1 aliphatic heterocycles. The molecule has 3 nitrogen and oxygen atoms in total. The topological polar surface area (TPSA) is 17.4 Å². The molecule has 23 heavy (non-hydrogen) atoms. The van der Waals surface area contributed by atoms with E-state index in [0.717, 1.165) is 31.7 Å². The summed E-state index contributed by atoms with van der Waals surface area (Å²) in [6.45, 7) is 1.11. The second-order valence-electron chi connectivity index (χ2n) is 7.27. The fourth-order valence-corrected chi connectivity index (χ4v) is 5.37. The van der Waals surface area contributed by atoms with Gasteiger partial charge in [0.1, 0.15) is 5.60 Å². The molecule has 124 valence electrons. The van der Waals surface area contributed by atoms with E-state index in [9.17, 15) is 0 Å². The number of ether oxygens (including phenoxy) is 1. The lowest BCUT2D eigenvalue weighted by Crippen LogP contribution is -2.59. The average Bonchev–Trinajstić information content (AvgIpc) is 2.87. The van der Waals surface area contributed by atoms with Crippen LogP contribution in [0.2, 0.25) is 0 Å². The number of aromatic nitrogens is 1. The summed E-state index contributed by atoms with van der Waals surface area (Å²) in [5, 5.41) is 1.41. The smallest absolute Gasteiger partial charge is 0.109 e. The predicted molar refractivity (Wildman–Crippen MR) is 95.2 cm³/mol. The van der Waals surface area contributed by atoms with E-state index in [2.05, 4.69) is 48.0 Å². The molecule has 0 spiro atoms. The van der Waals surface area contributed by atoms with Crippen LogP contribution in [0.3, 0.4) is 0 Å². The molecule has 0 radical (unpaired) electrons. The molecule has 1 fully saturated rings. The highest BCUT2D eigenvalue weighted by molar-refractivity contribution is 6.17. The molecule has 4 rings (SSSR count). The van der Waals surface area contributed by atoms with Gasteiger partial charge in [-0.25, -0.2) is 0 Å². The van der Waals surface area contributed by atoms with E-state index in [4.69, 9.17) is 16.3 Å². The number of rotatable bonds is 3. The lowest BCUT2D eigenvalue weighted by Gasteiger charge is -2.53. The lowest BCUT2D eigenvalue weighted by molar-refractivity contribution is -0.125. The van der Waals surface area contributed by atoms with E-state index < -0.39 is 0 Å². The van der Waals surface area contributed by atoms with Crippen molar-refractivity contribution < 1.29 is 4.74 Å². The van der Waals surface area contributed by atoms with Crippen LogP contribution in [0.1, 0.15) is 24.0 Å². The van der Waals surface area contributed by atoms with Gasteiger partial charge in [-0.1, -0.05) is 12.1 Å². The zero-order chi connectivity index (χ0) is 16.2. The summed E-state index contributed by atoms with van der Waals surface area (Å²) in [6.07, 6.45) is 5.48. The number of nitrogens with zero attached hydrogens (tertiary/aromatic N) is 2. The second-order valence-corrected chi connectivity index (χ2v) is 7.64. The Labute approximate surface area is 143 Å². The number of likely N-dealkylation sites (tertiary alicyclic amines) is 1. The van der Waals surface area contributed by atoms with Gasteiger partial charge < -0.3 is 9.30 Å². The van der Waals surface area contributed by atoms with Crippen LogP contribution in [-0.2, 0) is 23.8 Å². The quantitative estimate of drug-likeness (QED) is 0.800. The number of aryl methyl sites for hydroxylation is 1. The third-order valence-corrected chi connectivity index (χ3v) is 6.27. The van der Waals surface area contributed by atoms with Crippen molar-refractivity contribution in [3.63, 3.8) is 0 Å². The zero-order valence-corrected chi connectivity index (χ0v) is 14.9. The molecule has 1 aromatic carbocycles. The standard InChI is InChI=1S/C19H25ClN2O/c1-21-12-14-9-17-19(23-3,10-13(7-8-20)11-22(17)2)15-5-4-6-16(21)18(14)15/h4-6,12-13,17H,7-11H2,1-3H3/t13-,17-,19+/m1/s1. The average molecular weight is 333 g/mol. The van der Waals surface area contributed by atoms with Crippen molar-refractivity contribution in [2.75, 3.05) is 26.6 Å². The van der Waals surface area contributed by atoms with Crippen LogP contribution in [0.15, 0.2) is 24.4 Å². The van der Waals surface area contributed by atoms with Crippen LogP contribution in [0.25, 0.3) is 10.9 Å². The normalized spacial score (nSPS) is 30.6. The minimum Gasteiger partial charge on any atom is -0.372 e. The summed E-state index contributed by atoms with van der Waals surface area (Å²) in [7, 11) is 6.27. The van der Waals surface area contributed by atoms with Gasteiger partial charge in [0.25, 0.3) is 0 Å². The second kappa shape index (κ2) is 5.51. The van der Waals surface area contributed by atoms with E-state index in [-0.39, 0.29) is 5.60 Å². The number of methoxy groups -OCH3 is 1. The lowest BCUT2D eigenvalue weighted by atomic mass is 9.68. The molecule has 0 N–H and O–H groups in total. The van der Waals surface area contributed by atoms with Crippen LogP contribution < -0.4 is 0 Å². The van der Waals surface area contributed by atoms with Crippen molar-refractivity contribution in [1.82, 2.24) is 9.47 Å². The van der Waals surface area contributed by atoms with Gasteiger partial charge in [-0.3, -0.25) is 4.90 Å². The third-order valence-electron chi connectivity index (χ3n) is 6.05. The highest BCUT2D eigenvalue weighted by atomic mass is 35.5. The van der Waals surface area contributed by atoms with Crippen LogP contribution in [-0.4, -0.2) is 42.1 Å². The molecule has 1 aromatic heterocycles. The first kappa shape index (κ1) is 15.5. The van der Waals surface area contributed by atoms with Gasteiger partial charge in [0.15, 0.2) is 0 Å². The predicted octanol–water partition coefficient (Wildman–Crippen LogP) is 3.53. The van der Waals surface area contributed by atoms with Crippen LogP contribution >= 0.6 is 11.6 Å². The minimum absolute atomic E-state index is 0.211. The third kappa shape index (κ3) is 2.10. The van der Waals surface area contributed by atoms with Gasteiger partial charge in [-0.2, -0.15) is 0 Å². The number of hydrogen-bond donors (Lipinski definition) is 0. The van der Waals surface area contributed by atoms with E-state index in [1.165, 1.54) is 22.0 Å². The Balaban J connectivity index is 1.92. The van der Waals surface area contributed by atoms with E-state index >= 15 is 0 Å². The Morgan fingerprint density at radius 1 is 1.35 bits per heavy atom. The number of fused-ring (bicyclic) bond motifs is 2. The van der Waals surface area contributed by atoms with E-state index in [1.54, 1.807) is 0 Å². The largest absolute Gasteiger partial charge is 0.372 e. The molecule has 0 amide bonds. The summed E-state index contributed by atoms with van der Waals surface area (Å²) in [5.74, 6) is 1.32. The van der Waals surface area contributed by atoms with Gasteiger partial charge in [-0.05, 0) is 49.4 Å².